The molecule has 14 heteroatoms. The molecule has 0 aliphatic carbocycles. The molecule has 0 N–H and O–H groups in total. The number of aromatic nitrogens is 5. The van der Waals surface area contributed by atoms with Crippen LogP contribution in [0.15, 0.2) is 83.4 Å². The van der Waals surface area contributed by atoms with Crippen LogP contribution in [0.5, 0.6) is 17.5 Å². The Balaban J connectivity index is 1.09. The molecule has 1 saturated heterocycles. The highest BCUT2D eigenvalue weighted by molar-refractivity contribution is 6.30. The number of benzene rings is 3. The maximum atomic E-state index is 15.6. The van der Waals surface area contributed by atoms with E-state index in [9.17, 15) is 4.39 Å². The van der Waals surface area contributed by atoms with Gasteiger partial charge in [-0.3, -0.25) is 0 Å². The van der Waals surface area contributed by atoms with Gasteiger partial charge in [0.25, 0.3) is 5.88 Å². The van der Waals surface area contributed by atoms with Crippen LogP contribution in [0, 0.1) is 17.5 Å². The van der Waals surface area contributed by atoms with Crippen LogP contribution in [-0.4, -0.2) is 45.2 Å². The van der Waals surface area contributed by atoms with Gasteiger partial charge >= 0.3 is 0 Å². The predicted molar refractivity (Wildman–Crippen MR) is 175 cm³/mol. The zero-order valence-electron chi connectivity index (χ0n) is 26.6. The second-order valence-electron chi connectivity index (χ2n) is 11.5. The molecule has 1 aliphatic heterocycles. The molecule has 256 valence electrons. The van der Waals surface area contributed by atoms with E-state index in [0.717, 1.165) is 23.4 Å². The van der Waals surface area contributed by atoms with Crippen LogP contribution in [0.2, 0.25) is 5.02 Å². The van der Waals surface area contributed by atoms with Gasteiger partial charge in [-0.15, -0.1) is 10.2 Å². The van der Waals surface area contributed by atoms with Crippen molar-refractivity contribution < 1.29 is 36.6 Å². The van der Waals surface area contributed by atoms with E-state index in [0.29, 0.717) is 37.0 Å². The topological polar surface area (TPSA) is 107 Å². The monoisotopic (exact) mass is 703 g/mol. The molecule has 3 aromatic carbocycles. The second-order valence-corrected chi connectivity index (χ2v) is 11.9. The Morgan fingerprint density at radius 3 is 2.46 bits per heavy atom. The van der Waals surface area contributed by atoms with E-state index in [-0.39, 0.29) is 64.8 Å². The first kappa shape index (κ1) is 33.1. The van der Waals surface area contributed by atoms with Crippen molar-refractivity contribution in [2.24, 2.45) is 0 Å². The summed E-state index contributed by atoms with van der Waals surface area (Å²) < 4.78 is 75.1. The van der Waals surface area contributed by atoms with Crippen LogP contribution in [-0.2, 0) is 24.4 Å². The van der Waals surface area contributed by atoms with Gasteiger partial charge in [0.2, 0.25) is 17.5 Å². The molecule has 6 aromatic rings. The maximum absolute atomic E-state index is 15.6. The lowest BCUT2D eigenvalue weighted by molar-refractivity contribution is 0.186. The number of methoxy groups -OCH3 is 1. The molecule has 0 unspecified atom stereocenters. The summed E-state index contributed by atoms with van der Waals surface area (Å²) in [7, 11) is 1.60. The van der Waals surface area contributed by atoms with Gasteiger partial charge in [0.15, 0.2) is 0 Å². The molecule has 0 spiro atoms. The van der Waals surface area contributed by atoms with Crippen molar-refractivity contribution in [3.63, 3.8) is 0 Å². The summed E-state index contributed by atoms with van der Waals surface area (Å²) in [6.45, 7) is 1.03. The van der Waals surface area contributed by atoms with Gasteiger partial charge in [-0.05, 0) is 65.2 Å². The predicted octanol–water partition coefficient (Wildman–Crippen LogP) is 7.78. The van der Waals surface area contributed by atoms with Crippen LogP contribution < -0.4 is 14.2 Å². The van der Waals surface area contributed by atoms with Crippen LogP contribution in [0.3, 0.4) is 0 Å². The lowest BCUT2D eigenvalue weighted by Crippen LogP contribution is -2.14. The van der Waals surface area contributed by atoms with Gasteiger partial charge in [0, 0.05) is 35.2 Å². The van der Waals surface area contributed by atoms with Crippen LogP contribution in [0.25, 0.3) is 22.8 Å². The summed E-state index contributed by atoms with van der Waals surface area (Å²) in [5.74, 6) is 0.266. The molecule has 0 radical (unpaired) electrons. The molecule has 1 atom stereocenters. The lowest BCUT2D eigenvalue weighted by Gasteiger charge is -2.15. The van der Waals surface area contributed by atoms with Crippen molar-refractivity contribution in [2.45, 2.75) is 32.1 Å². The van der Waals surface area contributed by atoms with Crippen molar-refractivity contribution in [2.75, 3.05) is 20.3 Å². The summed E-state index contributed by atoms with van der Waals surface area (Å²) in [4.78, 5) is 4.31. The van der Waals surface area contributed by atoms with E-state index >= 15 is 8.78 Å². The summed E-state index contributed by atoms with van der Waals surface area (Å²) in [6.07, 6.45) is 0.599. The van der Waals surface area contributed by atoms with Crippen molar-refractivity contribution in [1.29, 1.82) is 0 Å². The Kier molecular flexibility index (Phi) is 9.67. The molecule has 0 saturated carbocycles. The Morgan fingerprint density at radius 1 is 0.860 bits per heavy atom. The Bertz CT molecular complexity index is 2120. The minimum atomic E-state index is -0.695. The van der Waals surface area contributed by atoms with E-state index in [4.69, 9.17) is 35.1 Å². The zero-order chi connectivity index (χ0) is 34.6. The van der Waals surface area contributed by atoms with Crippen molar-refractivity contribution in [3.05, 3.63) is 124 Å². The molecule has 4 heterocycles. The molecule has 1 aliphatic rings. The minimum Gasteiger partial charge on any atom is -0.497 e. The molecule has 0 bridgehead atoms. The number of hydrogen-bond acceptors (Lipinski definition) is 9. The lowest BCUT2D eigenvalue weighted by atomic mass is 10.0. The highest BCUT2D eigenvalue weighted by Gasteiger charge is 2.28. The molecule has 7 rings (SSSR count). The van der Waals surface area contributed by atoms with E-state index in [2.05, 4.69) is 20.3 Å². The fourth-order valence-corrected chi connectivity index (χ4v) is 5.72. The first-order chi connectivity index (χ1) is 24.3. The molecule has 1 fully saturated rings. The largest absolute Gasteiger partial charge is 0.497 e. The molecule has 10 nitrogen and oxygen atoms in total. The molecule has 0 amide bonds. The fourth-order valence-electron chi connectivity index (χ4n) is 5.56. The number of ether oxygens (including phenoxy) is 4. The highest BCUT2D eigenvalue weighted by atomic mass is 35.5. The normalized spacial score (nSPS) is 14.2. The van der Waals surface area contributed by atoms with Gasteiger partial charge in [-0.2, -0.15) is 0 Å². The van der Waals surface area contributed by atoms with Crippen LogP contribution in [0.1, 0.15) is 35.0 Å². The number of hydrogen-bond donors (Lipinski definition) is 0. The highest BCUT2D eigenvalue weighted by Crippen LogP contribution is 2.32. The summed E-state index contributed by atoms with van der Waals surface area (Å²) in [5, 5.41) is 13.0. The third-order valence-corrected chi connectivity index (χ3v) is 8.40. The Morgan fingerprint density at radius 2 is 1.68 bits per heavy atom. The number of nitrogens with zero attached hydrogens (tertiary/aromatic N) is 5. The number of rotatable bonds is 12. The van der Waals surface area contributed by atoms with E-state index in [1.54, 1.807) is 31.4 Å². The van der Waals surface area contributed by atoms with Gasteiger partial charge in [0.05, 0.1) is 31.5 Å². The average molecular weight is 704 g/mol. The third-order valence-electron chi connectivity index (χ3n) is 8.17. The Hall–Kier alpha value is -5.40. The van der Waals surface area contributed by atoms with E-state index in [1.165, 1.54) is 18.2 Å². The Labute approximate surface area is 289 Å². The van der Waals surface area contributed by atoms with Gasteiger partial charge < -0.3 is 28.0 Å². The van der Waals surface area contributed by atoms with Gasteiger partial charge in [0.1, 0.15) is 42.2 Å². The average Bonchev–Trinajstić information content (AvgIpc) is 3.90. The van der Waals surface area contributed by atoms with Crippen LogP contribution >= 0.6 is 11.6 Å². The number of halogens is 4. The molecule has 50 heavy (non-hydrogen) atoms. The third kappa shape index (κ3) is 7.28. The molecule has 3 aromatic heterocycles. The number of pyridine rings is 1. The maximum Gasteiger partial charge on any atom is 0.255 e. The van der Waals surface area contributed by atoms with Gasteiger partial charge in [-0.25, -0.2) is 18.2 Å². The fraction of sp³-hybridized carbons (Fsp3) is 0.222. The van der Waals surface area contributed by atoms with Gasteiger partial charge in [-0.1, -0.05) is 35.9 Å². The summed E-state index contributed by atoms with van der Waals surface area (Å²) in [5.41, 5.74) is 1.32. The van der Waals surface area contributed by atoms with E-state index in [1.807, 2.05) is 28.8 Å². The van der Waals surface area contributed by atoms with Crippen molar-refractivity contribution in [1.82, 2.24) is 24.9 Å². The van der Waals surface area contributed by atoms with Crippen molar-refractivity contribution in [3.8, 4) is 40.4 Å². The zero-order valence-corrected chi connectivity index (χ0v) is 27.4. The SMILES string of the molecule is COc1ccc(COc2cc(-c3nnc(Cc4cc(F)c(-c5cccc(OCc6ccc(Cl)cc6F)n5)cc4F)n3[C@H]3CCOC3)on2)cc1. The summed E-state index contributed by atoms with van der Waals surface area (Å²) in [6, 6.07) is 20.0. The second kappa shape index (κ2) is 14.6. The standard InChI is InChI=1S/C36H29ClF3N5O5/c1-46-26-9-5-21(6-10-26)18-48-35-17-32(50-44-35)36-43-42-33(45(36)25-11-12-47-20-25)14-23-13-30(40)27(16-29(23)39)31-3-2-4-34(41-31)49-19-22-7-8-24(37)15-28(22)38/h2-10,13,15-17,25H,11-12,14,18-20H2,1H3/t25-/m0/s1. The summed E-state index contributed by atoms with van der Waals surface area (Å²) >= 11 is 5.82. The minimum absolute atomic E-state index is 0.0647. The molecular formula is C36H29ClF3N5O5. The van der Waals surface area contributed by atoms with E-state index < -0.39 is 17.5 Å². The first-order valence-electron chi connectivity index (χ1n) is 15.6. The van der Waals surface area contributed by atoms with Crippen LogP contribution in [0.4, 0.5) is 13.2 Å². The smallest absolute Gasteiger partial charge is 0.255 e. The quantitative estimate of drug-likeness (QED) is 0.126. The first-order valence-corrected chi connectivity index (χ1v) is 16.0. The van der Waals surface area contributed by atoms with Crippen molar-refractivity contribution >= 4 is 11.6 Å². The molecular weight excluding hydrogens is 675 g/mol.